The second-order valence-electron chi connectivity index (χ2n) is 3.54. The third-order valence-electron chi connectivity index (χ3n) is 2.20. The van der Waals surface area contributed by atoms with Crippen LogP contribution < -0.4 is 5.32 Å². The second kappa shape index (κ2) is 7.48. The number of carbonyl (C=O) groups excluding carboxylic acids is 1. The first-order chi connectivity index (χ1) is 8.26. The lowest BCUT2D eigenvalue weighted by Gasteiger charge is -2.01. The van der Waals surface area contributed by atoms with Gasteiger partial charge < -0.3 is 10.1 Å². The normalized spacial score (nSPS) is 9.29. The van der Waals surface area contributed by atoms with Gasteiger partial charge in [-0.25, -0.2) is 0 Å². The highest BCUT2D eigenvalue weighted by atomic mass is 16.5. The lowest BCUT2D eigenvalue weighted by atomic mass is 10.1. The molecule has 90 valence electrons. The van der Waals surface area contributed by atoms with Gasteiger partial charge in [0.15, 0.2) is 0 Å². The van der Waals surface area contributed by atoms with Gasteiger partial charge in [0, 0.05) is 12.1 Å². The Balaban J connectivity index is 2.61. The molecular weight excluding hydrogens is 214 g/mol. The lowest BCUT2D eigenvalue weighted by Crippen LogP contribution is -2.11. The zero-order chi connectivity index (χ0) is 12.5. The monoisotopic (exact) mass is 231 g/mol. The van der Waals surface area contributed by atoms with Crippen molar-refractivity contribution in [3.63, 3.8) is 0 Å². The van der Waals surface area contributed by atoms with E-state index >= 15 is 0 Å². The van der Waals surface area contributed by atoms with Crippen molar-refractivity contribution in [2.45, 2.75) is 19.9 Å². The van der Waals surface area contributed by atoms with Crippen LogP contribution in [0.15, 0.2) is 24.3 Å². The zero-order valence-corrected chi connectivity index (χ0v) is 10.2. The van der Waals surface area contributed by atoms with Crippen molar-refractivity contribution >= 4 is 5.97 Å². The summed E-state index contributed by atoms with van der Waals surface area (Å²) in [7, 11) is 1.36. The molecule has 0 aromatic heterocycles. The van der Waals surface area contributed by atoms with Crippen LogP contribution in [0, 0.1) is 11.8 Å². The molecule has 3 heteroatoms. The molecule has 0 saturated heterocycles. The minimum atomic E-state index is -0.304. The summed E-state index contributed by atoms with van der Waals surface area (Å²) in [6, 6.07) is 7.97. The minimum absolute atomic E-state index is 0.133. The fraction of sp³-hybridized carbons (Fsp3) is 0.357. The van der Waals surface area contributed by atoms with E-state index in [1.54, 1.807) is 0 Å². The molecule has 1 rings (SSSR count). The second-order valence-corrected chi connectivity index (χ2v) is 3.54. The van der Waals surface area contributed by atoms with E-state index in [4.69, 9.17) is 0 Å². The fourth-order valence-electron chi connectivity index (χ4n) is 1.32. The van der Waals surface area contributed by atoms with E-state index in [-0.39, 0.29) is 12.4 Å². The summed E-state index contributed by atoms with van der Waals surface area (Å²) < 4.78 is 4.51. The van der Waals surface area contributed by atoms with Crippen molar-refractivity contribution in [3.8, 4) is 11.8 Å². The Morgan fingerprint density at radius 2 is 2.29 bits per heavy atom. The number of methoxy groups -OCH3 is 1. The third kappa shape index (κ3) is 5.19. The molecule has 3 nitrogen and oxygen atoms in total. The van der Waals surface area contributed by atoms with E-state index in [9.17, 15) is 4.79 Å². The standard InChI is InChI=1S/C14H17NO2/c1-3-15-11-13-8-4-6-12(10-13)7-5-9-14(16)17-2/h4,6,8,10,15H,3,9,11H2,1-2H3. The summed E-state index contributed by atoms with van der Waals surface area (Å²) in [6.45, 7) is 3.85. The van der Waals surface area contributed by atoms with Gasteiger partial charge >= 0.3 is 5.97 Å². The average molecular weight is 231 g/mol. The number of nitrogens with one attached hydrogen (secondary N) is 1. The van der Waals surface area contributed by atoms with Crippen LogP contribution in [0.4, 0.5) is 0 Å². The first-order valence-electron chi connectivity index (χ1n) is 5.61. The number of ether oxygens (including phenoxy) is 1. The molecule has 1 aromatic carbocycles. The molecule has 1 aromatic rings. The lowest BCUT2D eigenvalue weighted by molar-refractivity contribution is -0.139. The van der Waals surface area contributed by atoms with Crippen molar-refractivity contribution in [2.75, 3.05) is 13.7 Å². The summed E-state index contributed by atoms with van der Waals surface area (Å²) in [6.07, 6.45) is 0.133. The van der Waals surface area contributed by atoms with E-state index in [1.807, 2.05) is 24.3 Å². The molecule has 17 heavy (non-hydrogen) atoms. The molecule has 0 atom stereocenters. The Bertz CT molecular complexity index is 429. The smallest absolute Gasteiger partial charge is 0.317 e. The quantitative estimate of drug-likeness (QED) is 0.633. The molecule has 0 amide bonds. The van der Waals surface area contributed by atoms with Gasteiger partial charge in [-0.1, -0.05) is 30.9 Å². The van der Waals surface area contributed by atoms with E-state index in [2.05, 4.69) is 28.8 Å². The molecule has 1 N–H and O–H groups in total. The zero-order valence-electron chi connectivity index (χ0n) is 10.2. The van der Waals surface area contributed by atoms with Crippen molar-refractivity contribution in [1.29, 1.82) is 0 Å². The maximum atomic E-state index is 10.9. The molecular formula is C14H17NO2. The highest BCUT2D eigenvalue weighted by Gasteiger charge is 1.95. The molecule has 0 fully saturated rings. The summed E-state index contributed by atoms with van der Waals surface area (Å²) >= 11 is 0. The molecule has 0 heterocycles. The van der Waals surface area contributed by atoms with Crippen LogP contribution in [0.1, 0.15) is 24.5 Å². The topological polar surface area (TPSA) is 38.3 Å². The van der Waals surface area contributed by atoms with Gasteiger partial charge in [-0.05, 0) is 24.2 Å². The van der Waals surface area contributed by atoms with Crippen molar-refractivity contribution in [1.82, 2.24) is 5.32 Å². The van der Waals surface area contributed by atoms with Crippen LogP contribution in [0.5, 0.6) is 0 Å². The highest BCUT2D eigenvalue weighted by Crippen LogP contribution is 2.03. The number of carbonyl (C=O) groups is 1. The highest BCUT2D eigenvalue weighted by molar-refractivity contribution is 5.72. The number of rotatable bonds is 4. The van der Waals surface area contributed by atoms with Gasteiger partial charge in [-0.3, -0.25) is 4.79 Å². The molecule has 0 radical (unpaired) electrons. The molecule has 0 aliphatic rings. The maximum absolute atomic E-state index is 10.9. The van der Waals surface area contributed by atoms with E-state index in [0.717, 1.165) is 18.7 Å². The van der Waals surface area contributed by atoms with Crippen LogP contribution in [-0.4, -0.2) is 19.6 Å². The average Bonchev–Trinajstić information content (AvgIpc) is 2.36. The van der Waals surface area contributed by atoms with Crippen molar-refractivity contribution in [2.24, 2.45) is 0 Å². The number of hydrogen-bond acceptors (Lipinski definition) is 3. The Hall–Kier alpha value is -1.79. The van der Waals surface area contributed by atoms with Crippen molar-refractivity contribution in [3.05, 3.63) is 35.4 Å². The molecule has 0 aliphatic heterocycles. The van der Waals surface area contributed by atoms with Gasteiger partial charge in [0.1, 0.15) is 6.42 Å². The Kier molecular flexibility index (Phi) is 5.84. The van der Waals surface area contributed by atoms with E-state index < -0.39 is 0 Å². The summed E-state index contributed by atoms with van der Waals surface area (Å²) in [5, 5.41) is 3.25. The maximum Gasteiger partial charge on any atom is 0.317 e. The number of esters is 1. The van der Waals surface area contributed by atoms with Gasteiger partial charge in [0.25, 0.3) is 0 Å². The fourth-order valence-corrected chi connectivity index (χ4v) is 1.32. The number of hydrogen-bond donors (Lipinski definition) is 1. The van der Waals surface area contributed by atoms with Gasteiger partial charge in [0.2, 0.25) is 0 Å². The van der Waals surface area contributed by atoms with Crippen LogP contribution in [-0.2, 0) is 16.1 Å². The van der Waals surface area contributed by atoms with Crippen LogP contribution in [0.25, 0.3) is 0 Å². The van der Waals surface area contributed by atoms with E-state index in [0.29, 0.717) is 0 Å². The molecule has 0 unspecified atom stereocenters. The summed E-state index contributed by atoms with van der Waals surface area (Å²) in [5.41, 5.74) is 2.11. The summed E-state index contributed by atoms with van der Waals surface area (Å²) in [5.74, 6) is 5.43. The largest absolute Gasteiger partial charge is 0.468 e. The van der Waals surface area contributed by atoms with Crippen LogP contribution in [0.3, 0.4) is 0 Å². The third-order valence-corrected chi connectivity index (χ3v) is 2.20. The first-order valence-corrected chi connectivity index (χ1v) is 5.61. The summed E-state index contributed by atoms with van der Waals surface area (Å²) in [4.78, 5) is 10.9. The van der Waals surface area contributed by atoms with Gasteiger partial charge in [-0.15, -0.1) is 0 Å². The Morgan fingerprint density at radius 3 is 3.00 bits per heavy atom. The predicted molar refractivity (Wildman–Crippen MR) is 67.3 cm³/mol. The molecule has 0 saturated carbocycles. The molecule has 0 bridgehead atoms. The van der Waals surface area contributed by atoms with Crippen LogP contribution >= 0.6 is 0 Å². The SMILES string of the molecule is CCNCc1cccc(C#CCC(=O)OC)c1. The van der Waals surface area contributed by atoms with Gasteiger partial charge in [0.05, 0.1) is 7.11 Å². The molecule has 0 spiro atoms. The van der Waals surface area contributed by atoms with Gasteiger partial charge in [-0.2, -0.15) is 0 Å². The minimum Gasteiger partial charge on any atom is -0.468 e. The Morgan fingerprint density at radius 1 is 1.47 bits per heavy atom. The molecule has 0 aliphatic carbocycles. The van der Waals surface area contributed by atoms with Crippen molar-refractivity contribution < 1.29 is 9.53 Å². The number of benzene rings is 1. The van der Waals surface area contributed by atoms with E-state index in [1.165, 1.54) is 12.7 Å². The van der Waals surface area contributed by atoms with Crippen LogP contribution in [0.2, 0.25) is 0 Å². The predicted octanol–water partition coefficient (Wildman–Crippen LogP) is 1.71. The first kappa shape index (κ1) is 13.3. The Labute approximate surface area is 102 Å².